The van der Waals surface area contributed by atoms with Crippen molar-refractivity contribution < 1.29 is 29.0 Å². The van der Waals surface area contributed by atoms with E-state index in [4.69, 9.17) is 9.47 Å². The van der Waals surface area contributed by atoms with Crippen molar-refractivity contribution in [2.45, 2.75) is 31.4 Å². The Morgan fingerprint density at radius 3 is 2.92 bits per heavy atom. The van der Waals surface area contributed by atoms with Crippen molar-refractivity contribution in [1.29, 1.82) is 0 Å². The van der Waals surface area contributed by atoms with E-state index in [0.717, 1.165) is 0 Å². The van der Waals surface area contributed by atoms with E-state index in [1.54, 1.807) is 18.2 Å². The molecule has 1 heterocycles. The highest BCUT2D eigenvalue weighted by atomic mass is 16.7. The van der Waals surface area contributed by atoms with Gasteiger partial charge in [-0.25, -0.2) is 4.79 Å². The van der Waals surface area contributed by atoms with Crippen molar-refractivity contribution in [2.24, 2.45) is 0 Å². The van der Waals surface area contributed by atoms with Crippen LogP contribution in [0.25, 0.3) is 0 Å². The van der Waals surface area contributed by atoms with Gasteiger partial charge < -0.3 is 19.3 Å². The van der Waals surface area contributed by atoms with Crippen molar-refractivity contribution in [2.75, 3.05) is 13.9 Å². The van der Waals surface area contributed by atoms with Crippen LogP contribution in [0.5, 0.6) is 11.5 Å². The van der Waals surface area contributed by atoms with E-state index in [-0.39, 0.29) is 13.2 Å². The first kappa shape index (κ1) is 17.7. The molecule has 1 N–H and O–H groups in total. The summed E-state index contributed by atoms with van der Waals surface area (Å²) in [6.07, 6.45) is 2.99. The first-order valence-electron chi connectivity index (χ1n) is 7.48. The molecule has 8 nitrogen and oxygen atoms in total. The zero-order valence-corrected chi connectivity index (χ0v) is 13.2. The summed E-state index contributed by atoms with van der Waals surface area (Å²) in [4.78, 5) is 21.8. The van der Waals surface area contributed by atoms with Gasteiger partial charge in [0.2, 0.25) is 6.79 Å². The Labute approximate surface area is 138 Å². The molecule has 0 aliphatic carbocycles. The Balaban J connectivity index is 1.96. The topological polar surface area (TPSA) is 108 Å². The molecule has 1 aromatic carbocycles. The predicted octanol–water partition coefficient (Wildman–Crippen LogP) is 1.99. The summed E-state index contributed by atoms with van der Waals surface area (Å²) in [6, 6.07) is 3.43. The van der Waals surface area contributed by atoms with Gasteiger partial charge in [-0.3, -0.25) is 10.1 Å². The highest BCUT2D eigenvalue weighted by Gasteiger charge is 2.32. The number of carbonyl (C=O) groups is 1. The molecule has 0 aromatic heterocycles. The zero-order chi connectivity index (χ0) is 17.5. The van der Waals surface area contributed by atoms with Gasteiger partial charge in [-0.1, -0.05) is 6.08 Å². The standard InChI is InChI=1S/C16H19NO7/c1-22-15(19)6-4-2-3-5-12(18)16(17(20)21)11-7-8-13-14(9-11)24-10-23-13/h4,6-9,12,16,18H,2-3,5,10H2,1H3/b6-4+. The Hall–Kier alpha value is -2.61. The largest absolute Gasteiger partial charge is 0.466 e. The first-order valence-corrected chi connectivity index (χ1v) is 7.48. The van der Waals surface area contributed by atoms with Crippen LogP contribution in [-0.2, 0) is 9.53 Å². The Bertz CT molecular complexity index is 629. The quantitative estimate of drug-likeness (QED) is 0.254. The van der Waals surface area contributed by atoms with Crippen LogP contribution >= 0.6 is 0 Å². The molecule has 1 aromatic rings. The summed E-state index contributed by atoms with van der Waals surface area (Å²) in [6.45, 7) is 0.0804. The summed E-state index contributed by atoms with van der Waals surface area (Å²) in [5, 5.41) is 21.6. The molecule has 2 rings (SSSR count). The number of hydrogen-bond acceptors (Lipinski definition) is 7. The average molecular weight is 337 g/mol. The number of aliphatic hydroxyl groups excluding tert-OH is 1. The summed E-state index contributed by atoms with van der Waals surface area (Å²) in [7, 11) is 1.28. The number of fused-ring (bicyclic) bond motifs is 1. The van der Waals surface area contributed by atoms with E-state index in [0.29, 0.717) is 29.9 Å². The Morgan fingerprint density at radius 2 is 2.21 bits per heavy atom. The smallest absolute Gasteiger partial charge is 0.330 e. The maximum Gasteiger partial charge on any atom is 0.330 e. The number of ether oxygens (including phenoxy) is 3. The fourth-order valence-corrected chi connectivity index (χ4v) is 2.43. The average Bonchev–Trinajstić information content (AvgIpc) is 3.01. The summed E-state index contributed by atoms with van der Waals surface area (Å²) in [5.74, 6) is 0.509. The molecule has 8 heteroatoms. The molecule has 0 saturated carbocycles. The number of hydrogen-bond donors (Lipinski definition) is 1. The van der Waals surface area contributed by atoms with Crippen LogP contribution in [0.2, 0.25) is 0 Å². The molecule has 2 unspecified atom stereocenters. The second-order valence-electron chi connectivity index (χ2n) is 5.27. The molecule has 0 spiro atoms. The molecule has 130 valence electrons. The van der Waals surface area contributed by atoms with Crippen molar-refractivity contribution >= 4 is 5.97 Å². The lowest BCUT2D eigenvalue weighted by atomic mass is 9.97. The molecule has 0 saturated heterocycles. The molecule has 0 amide bonds. The summed E-state index contributed by atoms with van der Waals surface area (Å²) >= 11 is 0. The van der Waals surface area contributed by atoms with Crippen molar-refractivity contribution in [3.8, 4) is 11.5 Å². The van der Waals surface area contributed by atoms with Crippen LogP contribution in [0, 0.1) is 10.1 Å². The van der Waals surface area contributed by atoms with Gasteiger partial charge in [0.1, 0.15) is 6.10 Å². The van der Waals surface area contributed by atoms with Gasteiger partial charge in [-0.05, 0) is 37.5 Å². The predicted molar refractivity (Wildman–Crippen MR) is 83.3 cm³/mol. The number of aliphatic hydroxyl groups is 1. The summed E-state index contributed by atoms with van der Waals surface area (Å²) in [5.41, 5.74) is 0.363. The minimum absolute atomic E-state index is 0.0804. The Kier molecular flexibility index (Phi) is 6.14. The van der Waals surface area contributed by atoms with Crippen LogP contribution in [0.3, 0.4) is 0 Å². The monoisotopic (exact) mass is 337 g/mol. The maximum absolute atomic E-state index is 11.4. The fraction of sp³-hybridized carbons (Fsp3) is 0.438. The normalized spacial score (nSPS) is 15.2. The molecular weight excluding hydrogens is 318 g/mol. The number of esters is 1. The molecule has 0 radical (unpaired) electrons. The lowest BCUT2D eigenvalue weighted by Crippen LogP contribution is -2.25. The van der Waals surface area contributed by atoms with Gasteiger partial charge in [0.15, 0.2) is 11.5 Å². The van der Waals surface area contributed by atoms with E-state index in [2.05, 4.69) is 4.74 Å². The van der Waals surface area contributed by atoms with Gasteiger partial charge in [0, 0.05) is 16.6 Å². The van der Waals surface area contributed by atoms with E-state index in [1.807, 2.05) is 0 Å². The number of nitro groups is 1. The van der Waals surface area contributed by atoms with Crippen LogP contribution < -0.4 is 9.47 Å². The van der Waals surface area contributed by atoms with E-state index >= 15 is 0 Å². The number of carbonyl (C=O) groups excluding carboxylic acids is 1. The van der Waals surface area contributed by atoms with Gasteiger partial charge in [0.25, 0.3) is 6.04 Å². The number of methoxy groups -OCH3 is 1. The van der Waals surface area contributed by atoms with Crippen molar-refractivity contribution in [1.82, 2.24) is 0 Å². The number of benzene rings is 1. The van der Waals surface area contributed by atoms with Crippen molar-refractivity contribution in [3.63, 3.8) is 0 Å². The Morgan fingerprint density at radius 1 is 1.46 bits per heavy atom. The van der Waals surface area contributed by atoms with Crippen LogP contribution in [0.1, 0.15) is 30.9 Å². The van der Waals surface area contributed by atoms with Crippen LogP contribution in [0.15, 0.2) is 30.4 Å². The van der Waals surface area contributed by atoms with E-state index < -0.39 is 23.0 Å². The zero-order valence-electron chi connectivity index (χ0n) is 13.2. The molecule has 2 atom stereocenters. The van der Waals surface area contributed by atoms with E-state index in [1.165, 1.54) is 19.3 Å². The summed E-state index contributed by atoms with van der Waals surface area (Å²) < 4.78 is 14.8. The lowest BCUT2D eigenvalue weighted by molar-refractivity contribution is -0.541. The van der Waals surface area contributed by atoms with E-state index in [9.17, 15) is 20.0 Å². The lowest BCUT2D eigenvalue weighted by Gasteiger charge is -2.16. The second kappa shape index (κ2) is 8.30. The maximum atomic E-state index is 11.4. The van der Waals surface area contributed by atoms with Crippen molar-refractivity contribution in [3.05, 3.63) is 46.0 Å². The minimum atomic E-state index is -1.25. The fourth-order valence-electron chi connectivity index (χ4n) is 2.43. The molecule has 1 aliphatic rings. The molecule has 0 bridgehead atoms. The number of allylic oxidation sites excluding steroid dienone is 1. The minimum Gasteiger partial charge on any atom is -0.466 e. The first-order chi connectivity index (χ1) is 11.5. The third-order valence-electron chi connectivity index (χ3n) is 3.66. The van der Waals surface area contributed by atoms with Crippen LogP contribution in [-0.4, -0.2) is 36.0 Å². The second-order valence-corrected chi connectivity index (χ2v) is 5.27. The third-order valence-corrected chi connectivity index (χ3v) is 3.66. The molecule has 24 heavy (non-hydrogen) atoms. The molecule has 1 aliphatic heterocycles. The number of unbranched alkanes of at least 4 members (excludes halogenated alkanes) is 1. The molecule has 0 fully saturated rings. The number of nitrogens with zero attached hydrogens (tertiary/aromatic N) is 1. The van der Waals surface area contributed by atoms with Gasteiger partial charge in [-0.2, -0.15) is 0 Å². The highest BCUT2D eigenvalue weighted by molar-refractivity contribution is 5.81. The highest BCUT2D eigenvalue weighted by Crippen LogP contribution is 2.36. The molecular formula is C16H19NO7. The number of rotatable bonds is 8. The van der Waals surface area contributed by atoms with Gasteiger partial charge in [-0.15, -0.1) is 0 Å². The third kappa shape index (κ3) is 4.45. The van der Waals surface area contributed by atoms with Gasteiger partial charge in [0.05, 0.1) is 7.11 Å². The van der Waals surface area contributed by atoms with Crippen LogP contribution in [0.4, 0.5) is 0 Å². The van der Waals surface area contributed by atoms with Gasteiger partial charge >= 0.3 is 5.97 Å². The SMILES string of the molecule is COC(=O)/C=C/CCCC(O)C(c1ccc2c(c1)OCO2)[N+](=O)[O-].